The van der Waals surface area contributed by atoms with Crippen molar-refractivity contribution in [2.45, 2.75) is 52.5 Å². The Labute approximate surface area is 230 Å². The maximum Gasteiger partial charge on any atom is 0.303 e. The molecule has 3 aromatic rings. The van der Waals surface area contributed by atoms with Gasteiger partial charge >= 0.3 is 5.97 Å². The summed E-state index contributed by atoms with van der Waals surface area (Å²) < 4.78 is 27.8. The van der Waals surface area contributed by atoms with Crippen molar-refractivity contribution in [1.29, 1.82) is 0 Å². The highest BCUT2D eigenvalue weighted by Gasteiger charge is 2.31. The number of aliphatic carboxylic acids is 1. The van der Waals surface area contributed by atoms with Crippen LogP contribution in [-0.2, 0) is 11.3 Å². The van der Waals surface area contributed by atoms with Crippen molar-refractivity contribution in [3.63, 3.8) is 0 Å². The highest BCUT2D eigenvalue weighted by atomic mass is 32.1. The molecule has 0 unspecified atom stereocenters. The van der Waals surface area contributed by atoms with E-state index in [-0.39, 0.29) is 17.9 Å². The third kappa shape index (κ3) is 6.50. The van der Waals surface area contributed by atoms with Crippen LogP contribution in [0.5, 0.6) is 0 Å². The molecule has 10 heteroatoms. The number of hydrogen-bond donors (Lipinski definition) is 1. The Morgan fingerprint density at radius 3 is 2.33 bits per heavy atom. The summed E-state index contributed by atoms with van der Waals surface area (Å²) in [6.07, 6.45) is 4.03. The Morgan fingerprint density at radius 1 is 1.03 bits per heavy atom. The van der Waals surface area contributed by atoms with Crippen molar-refractivity contribution in [1.82, 2.24) is 15.1 Å². The van der Waals surface area contributed by atoms with Crippen LogP contribution in [0.15, 0.2) is 30.3 Å². The number of hydrogen-bond acceptors (Lipinski definition) is 6. The van der Waals surface area contributed by atoms with Crippen LogP contribution in [-0.4, -0.2) is 51.7 Å². The molecule has 2 fully saturated rings. The SMILES string of the molecule is Cc1cc(-c2nnc(N(CC3CC3)C(=O)c3ccc(F)cc3F)s2)cc(C)c1CN1CCC(CC(=O)O)CC1. The van der Waals surface area contributed by atoms with Gasteiger partial charge in [-0.05, 0) is 105 Å². The van der Waals surface area contributed by atoms with Crippen LogP contribution in [0.25, 0.3) is 10.6 Å². The normalized spacial score (nSPS) is 16.4. The van der Waals surface area contributed by atoms with Crippen molar-refractivity contribution in [2.24, 2.45) is 11.8 Å². The smallest absolute Gasteiger partial charge is 0.303 e. The third-order valence-electron chi connectivity index (χ3n) is 7.68. The Hall–Kier alpha value is -3.24. The Kier molecular flexibility index (Phi) is 8.04. The van der Waals surface area contributed by atoms with Crippen LogP contribution in [0.1, 0.15) is 59.2 Å². The molecule has 1 aliphatic carbocycles. The van der Waals surface area contributed by atoms with E-state index in [4.69, 9.17) is 5.11 Å². The summed E-state index contributed by atoms with van der Waals surface area (Å²) in [5.41, 5.74) is 4.24. The zero-order valence-corrected chi connectivity index (χ0v) is 22.9. The standard InChI is InChI=1S/C29H32F2N4O3S/c1-17-11-21(12-18(2)24(17)16-34-9-7-19(8-10-34)13-26(36)37)27-32-33-29(39-27)35(15-20-3-4-20)28(38)23-6-5-22(30)14-25(23)31/h5-6,11-12,14,19-20H,3-4,7-10,13,15-16H2,1-2H3,(H,36,37). The van der Waals surface area contributed by atoms with Gasteiger partial charge in [0.05, 0.1) is 5.56 Å². The van der Waals surface area contributed by atoms with Gasteiger partial charge in [0.2, 0.25) is 5.13 Å². The first-order valence-electron chi connectivity index (χ1n) is 13.3. The van der Waals surface area contributed by atoms with Crippen molar-refractivity contribution in [2.75, 3.05) is 24.5 Å². The van der Waals surface area contributed by atoms with Crippen LogP contribution in [0.4, 0.5) is 13.9 Å². The Bertz CT molecular complexity index is 1360. The maximum absolute atomic E-state index is 14.4. The minimum absolute atomic E-state index is 0.183. The lowest BCUT2D eigenvalue weighted by Gasteiger charge is -2.32. The van der Waals surface area contributed by atoms with Crippen molar-refractivity contribution in [3.8, 4) is 10.6 Å². The number of carboxylic acids is 1. The first-order valence-corrected chi connectivity index (χ1v) is 14.1. The quantitative estimate of drug-likeness (QED) is 0.358. The summed E-state index contributed by atoms with van der Waals surface area (Å²) in [5, 5.41) is 18.8. The van der Waals surface area contributed by atoms with Crippen molar-refractivity contribution >= 4 is 28.3 Å². The molecule has 1 aromatic heterocycles. The number of anilines is 1. The fourth-order valence-electron chi connectivity index (χ4n) is 5.24. The van der Waals surface area contributed by atoms with Crippen LogP contribution >= 0.6 is 11.3 Å². The first-order chi connectivity index (χ1) is 18.7. The second-order valence-corrected chi connectivity index (χ2v) is 11.7. The van der Waals surface area contributed by atoms with E-state index in [0.29, 0.717) is 22.6 Å². The van der Waals surface area contributed by atoms with E-state index < -0.39 is 23.5 Å². The highest BCUT2D eigenvalue weighted by Crippen LogP contribution is 2.36. The van der Waals surface area contributed by atoms with Gasteiger partial charge in [0.25, 0.3) is 5.91 Å². The average Bonchev–Trinajstić information content (AvgIpc) is 3.58. The zero-order chi connectivity index (χ0) is 27.7. The molecule has 2 heterocycles. The molecule has 1 amide bonds. The predicted octanol–water partition coefficient (Wildman–Crippen LogP) is 5.84. The van der Waals surface area contributed by atoms with Gasteiger partial charge in [0.15, 0.2) is 0 Å². The average molecular weight is 555 g/mol. The van der Waals surface area contributed by atoms with Crippen LogP contribution in [0, 0.1) is 37.3 Å². The lowest BCUT2D eigenvalue weighted by atomic mass is 9.92. The van der Waals surface area contributed by atoms with E-state index in [9.17, 15) is 18.4 Å². The third-order valence-corrected chi connectivity index (χ3v) is 8.68. The monoisotopic (exact) mass is 554 g/mol. The summed E-state index contributed by atoms with van der Waals surface area (Å²) in [6.45, 7) is 7.16. The molecule has 0 radical (unpaired) electrons. The van der Waals surface area contributed by atoms with Crippen molar-refractivity contribution < 1.29 is 23.5 Å². The van der Waals surface area contributed by atoms with E-state index in [1.54, 1.807) is 0 Å². The van der Waals surface area contributed by atoms with E-state index in [2.05, 4.69) is 41.1 Å². The first kappa shape index (κ1) is 27.3. The second kappa shape index (κ2) is 11.5. The van der Waals surface area contributed by atoms with Crippen LogP contribution < -0.4 is 4.90 Å². The van der Waals surface area contributed by atoms with Gasteiger partial charge in [-0.1, -0.05) is 11.3 Å². The summed E-state index contributed by atoms with van der Waals surface area (Å²) in [6, 6.07) is 7.14. The van der Waals surface area contributed by atoms with E-state index in [1.165, 1.54) is 27.9 Å². The number of carbonyl (C=O) groups is 2. The Balaban J connectivity index is 1.33. The van der Waals surface area contributed by atoms with Crippen LogP contribution in [0.2, 0.25) is 0 Å². The zero-order valence-electron chi connectivity index (χ0n) is 22.1. The van der Waals surface area contributed by atoms with Gasteiger partial charge < -0.3 is 5.11 Å². The molecule has 2 aromatic carbocycles. The molecule has 0 spiro atoms. The number of halogens is 2. The number of carbonyl (C=O) groups excluding carboxylic acids is 1. The number of aromatic nitrogens is 2. The maximum atomic E-state index is 14.4. The summed E-state index contributed by atoms with van der Waals surface area (Å²) >= 11 is 1.29. The molecule has 0 atom stereocenters. The lowest BCUT2D eigenvalue weighted by molar-refractivity contribution is -0.138. The molecule has 2 aliphatic rings. The number of nitrogens with zero attached hydrogens (tertiary/aromatic N) is 4. The van der Waals surface area contributed by atoms with Gasteiger partial charge in [-0.3, -0.25) is 19.4 Å². The molecule has 206 valence electrons. The number of rotatable bonds is 9. The summed E-state index contributed by atoms with van der Waals surface area (Å²) in [7, 11) is 0. The molecule has 1 N–H and O–H groups in total. The van der Waals surface area contributed by atoms with E-state index in [0.717, 1.165) is 74.1 Å². The molecular formula is C29H32F2N4O3S. The second-order valence-electron chi connectivity index (χ2n) is 10.8. The number of aryl methyl sites for hydroxylation is 2. The molecule has 1 aliphatic heterocycles. The highest BCUT2D eigenvalue weighted by molar-refractivity contribution is 7.18. The van der Waals surface area contributed by atoms with E-state index in [1.807, 2.05) is 0 Å². The number of carboxylic acid groups (broad SMARTS) is 1. The fraction of sp³-hybridized carbons (Fsp3) is 0.448. The molecule has 39 heavy (non-hydrogen) atoms. The topological polar surface area (TPSA) is 86.6 Å². The van der Waals surface area contributed by atoms with Gasteiger partial charge in [-0.15, -0.1) is 10.2 Å². The summed E-state index contributed by atoms with van der Waals surface area (Å²) in [4.78, 5) is 28.1. The van der Waals surface area contributed by atoms with Gasteiger partial charge in [0.1, 0.15) is 16.6 Å². The molecule has 7 nitrogen and oxygen atoms in total. The molecule has 0 bridgehead atoms. The largest absolute Gasteiger partial charge is 0.481 e. The van der Waals surface area contributed by atoms with Gasteiger partial charge in [-0.2, -0.15) is 0 Å². The number of benzene rings is 2. The number of piperidine rings is 1. The van der Waals surface area contributed by atoms with Crippen LogP contribution in [0.3, 0.4) is 0 Å². The summed E-state index contributed by atoms with van der Waals surface area (Å²) in [5.74, 6) is -2.30. The molecule has 5 rings (SSSR count). The predicted molar refractivity (Wildman–Crippen MR) is 146 cm³/mol. The number of amides is 1. The lowest BCUT2D eigenvalue weighted by Crippen LogP contribution is -2.34. The number of likely N-dealkylation sites (tertiary alicyclic amines) is 1. The molecular weight excluding hydrogens is 522 g/mol. The molecule has 1 saturated carbocycles. The molecule has 1 saturated heterocycles. The fourth-order valence-corrected chi connectivity index (χ4v) is 6.08. The minimum atomic E-state index is -0.890. The van der Waals surface area contributed by atoms with Gasteiger partial charge in [0, 0.05) is 31.1 Å². The van der Waals surface area contributed by atoms with E-state index >= 15 is 0 Å². The Morgan fingerprint density at radius 2 is 1.72 bits per heavy atom. The van der Waals surface area contributed by atoms with Gasteiger partial charge in [-0.25, -0.2) is 8.78 Å². The van der Waals surface area contributed by atoms with Crippen molar-refractivity contribution in [3.05, 3.63) is 64.2 Å². The minimum Gasteiger partial charge on any atom is -0.481 e.